The molecular formula is C22H28F3N3O2S. The average Bonchev–Trinajstić information content (AvgIpc) is 2.62. The summed E-state index contributed by atoms with van der Waals surface area (Å²) in [6, 6.07) is 2.71. The lowest BCUT2D eigenvalue weighted by Crippen LogP contribution is -2.72. The minimum atomic E-state index is -4.35. The highest BCUT2D eigenvalue weighted by Gasteiger charge is 2.56. The third-order valence-corrected chi connectivity index (χ3v) is 9.88. The number of aromatic nitrogens is 1. The highest BCUT2D eigenvalue weighted by Crippen LogP contribution is 2.48. The topological polar surface area (TPSA) is 53.5 Å². The number of amides is 2. The molecular weight excluding hydrogens is 427 g/mol. The summed E-state index contributed by atoms with van der Waals surface area (Å²) < 4.78 is 49.9. The molecule has 4 heterocycles. The first-order valence-corrected chi connectivity index (χ1v) is 12.9. The molecule has 1 aliphatic carbocycles. The van der Waals surface area contributed by atoms with Gasteiger partial charge < -0.3 is 9.80 Å². The largest absolute Gasteiger partial charge is 0.417 e. The Bertz CT molecular complexity index is 954. The van der Waals surface area contributed by atoms with E-state index in [0.717, 1.165) is 51.0 Å². The Labute approximate surface area is 181 Å². The van der Waals surface area contributed by atoms with E-state index in [4.69, 9.17) is 0 Å². The van der Waals surface area contributed by atoms with Crippen LogP contribution < -0.4 is 0 Å². The number of rotatable bonds is 2. The van der Waals surface area contributed by atoms with Crippen LogP contribution in [-0.4, -0.2) is 68.6 Å². The van der Waals surface area contributed by atoms with E-state index in [1.54, 1.807) is 0 Å². The Hall–Kier alpha value is -1.77. The van der Waals surface area contributed by atoms with Crippen LogP contribution >= 0.6 is 0 Å². The van der Waals surface area contributed by atoms with Gasteiger partial charge in [-0.15, -0.1) is 0 Å². The smallest absolute Gasteiger partial charge is 0.323 e. The summed E-state index contributed by atoms with van der Waals surface area (Å²) in [5.41, 5.74) is 0.290. The molecule has 0 unspecified atom stereocenters. The number of pyridine rings is 1. The average molecular weight is 456 g/mol. The Morgan fingerprint density at radius 1 is 1.10 bits per heavy atom. The van der Waals surface area contributed by atoms with Gasteiger partial charge in [0.25, 0.3) is 0 Å². The summed E-state index contributed by atoms with van der Waals surface area (Å²) in [5.74, 6) is 5.50. The van der Waals surface area contributed by atoms with Gasteiger partial charge in [-0.1, -0.05) is 0 Å². The minimum absolute atomic E-state index is 0.0709. The number of carbonyl (C=O) groups excluding carboxylic acids is 1. The zero-order valence-corrected chi connectivity index (χ0v) is 18.3. The van der Waals surface area contributed by atoms with Crippen molar-refractivity contribution in [3.63, 3.8) is 0 Å². The van der Waals surface area contributed by atoms with E-state index in [9.17, 15) is 22.2 Å². The van der Waals surface area contributed by atoms with Crippen LogP contribution in [0.1, 0.15) is 36.9 Å². The lowest BCUT2D eigenvalue weighted by Gasteiger charge is -2.60. The molecule has 4 aliphatic rings. The fraction of sp³-hybridized carbons (Fsp3) is 0.682. The second-order valence-electron chi connectivity index (χ2n) is 10.4. The maximum atomic E-state index is 12.7. The number of hydrogen-bond acceptors (Lipinski definition) is 3. The van der Waals surface area contributed by atoms with Gasteiger partial charge >= 0.3 is 12.2 Å². The van der Waals surface area contributed by atoms with Gasteiger partial charge in [0.05, 0.1) is 5.56 Å². The van der Waals surface area contributed by atoms with Crippen LogP contribution in [0.3, 0.4) is 0 Å². The first-order valence-electron chi connectivity index (χ1n) is 10.9. The summed E-state index contributed by atoms with van der Waals surface area (Å²) in [4.78, 5) is 20.5. The lowest BCUT2D eigenvalue weighted by molar-refractivity contribution is -0.137. The molecule has 3 aliphatic heterocycles. The molecule has 4 fully saturated rings. The molecule has 2 amide bonds. The SMILES string of the molecule is C=S1(=O)CC2(CN(C(=O)N3CC4(CCC(Cc5ccc(C(F)(F)F)cn5)CC4)C3)C2)C1. The first kappa shape index (κ1) is 21.1. The number of hydrogen-bond donors (Lipinski definition) is 0. The number of alkyl halides is 3. The third-order valence-electron chi connectivity index (χ3n) is 7.60. The quantitative estimate of drug-likeness (QED) is 0.643. The molecule has 3 saturated heterocycles. The second-order valence-corrected chi connectivity index (χ2v) is 12.9. The lowest BCUT2D eigenvalue weighted by atomic mass is 9.65. The molecule has 0 aromatic carbocycles. The Morgan fingerprint density at radius 2 is 1.68 bits per heavy atom. The summed E-state index contributed by atoms with van der Waals surface area (Å²) in [7, 11) is -1.88. The fourth-order valence-corrected chi connectivity index (χ4v) is 8.59. The van der Waals surface area contributed by atoms with E-state index in [-0.39, 0.29) is 16.9 Å². The predicted molar refractivity (Wildman–Crippen MR) is 113 cm³/mol. The number of likely N-dealkylation sites (tertiary alicyclic amines) is 2. The first-order chi connectivity index (χ1) is 14.5. The van der Waals surface area contributed by atoms with Crippen LogP contribution in [0.5, 0.6) is 0 Å². The van der Waals surface area contributed by atoms with Gasteiger partial charge in [0.1, 0.15) is 0 Å². The molecule has 9 heteroatoms. The van der Waals surface area contributed by atoms with Gasteiger partial charge in [-0.2, -0.15) is 13.2 Å². The van der Waals surface area contributed by atoms with Crippen LogP contribution in [0.15, 0.2) is 18.3 Å². The van der Waals surface area contributed by atoms with E-state index in [1.807, 2.05) is 9.80 Å². The zero-order chi connectivity index (χ0) is 22.1. The monoisotopic (exact) mass is 455 g/mol. The van der Waals surface area contributed by atoms with E-state index < -0.39 is 21.3 Å². The van der Waals surface area contributed by atoms with Crippen molar-refractivity contribution in [2.24, 2.45) is 16.7 Å². The molecule has 2 spiro atoms. The fourth-order valence-electron chi connectivity index (χ4n) is 6.07. The van der Waals surface area contributed by atoms with Gasteiger partial charge in [0.15, 0.2) is 0 Å². The maximum Gasteiger partial charge on any atom is 0.417 e. The van der Waals surface area contributed by atoms with Crippen molar-refractivity contribution in [3.05, 3.63) is 29.6 Å². The number of carbonyl (C=O) groups is 1. The van der Waals surface area contributed by atoms with Gasteiger partial charge in [-0.25, -0.2) is 4.79 Å². The van der Waals surface area contributed by atoms with E-state index in [0.29, 0.717) is 42.6 Å². The van der Waals surface area contributed by atoms with Gasteiger partial charge in [-0.3, -0.25) is 9.19 Å². The third kappa shape index (κ3) is 3.94. The second kappa shape index (κ2) is 6.86. The van der Waals surface area contributed by atoms with Crippen molar-refractivity contribution in [2.75, 3.05) is 37.7 Å². The normalized spacial score (nSPS) is 26.3. The van der Waals surface area contributed by atoms with Crippen LogP contribution in [0, 0.1) is 16.7 Å². The molecule has 0 atom stereocenters. The number of nitrogens with zero attached hydrogens (tertiary/aromatic N) is 3. The van der Waals surface area contributed by atoms with E-state index in [1.165, 1.54) is 6.07 Å². The standard InChI is InChI=1S/C22H28F3N3O2S/c1-31(30)14-21(15-31)12-28(13-21)19(29)27-10-20(11-27)6-4-16(5-7-20)8-18-3-2-17(9-26-18)22(23,24)25/h2-3,9,16H,1,4-8,10-15H2. The molecule has 0 N–H and O–H groups in total. The van der Waals surface area contributed by atoms with Crippen molar-refractivity contribution in [2.45, 2.75) is 38.3 Å². The molecule has 0 bridgehead atoms. The Kier molecular flexibility index (Phi) is 4.67. The van der Waals surface area contributed by atoms with Gasteiger partial charge in [0.2, 0.25) is 0 Å². The summed E-state index contributed by atoms with van der Waals surface area (Å²) in [6.45, 7) is 3.02. The maximum absolute atomic E-state index is 12.7. The zero-order valence-electron chi connectivity index (χ0n) is 17.5. The van der Waals surface area contributed by atoms with Crippen molar-refractivity contribution < 1.29 is 22.2 Å². The highest BCUT2D eigenvalue weighted by molar-refractivity contribution is 8.01. The van der Waals surface area contributed by atoms with E-state index in [2.05, 4.69) is 10.9 Å². The van der Waals surface area contributed by atoms with Crippen molar-refractivity contribution in [1.29, 1.82) is 0 Å². The molecule has 1 aromatic rings. The van der Waals surface area contributed by atoms with Gasteiger partial charge in [-0.05, 0) is 65.5 Å². The van der Waals surface area contributed by atoms with Crippen LogP contribution in [0.2, 0.25) is 0 Å². The molecule has 5 nitrogen and oxygen atoms in total. The van der Waals surface area contributed by atoms with Crippen LogP contribution in [0.25, 0.3) is 0 Å². The number of urea groups is 1. The Morgan fingerprint density at radius 3 is 2.16 bits per heavy atom. The molecule has 5 rings (SSSR count). The van der Waals surface area contributed by atoms with Crippen molar-refractivity contribution in [1.82, 2.24) is 14.8 Å². The minimum Gasteiger partial charge on any atom is -0.323 e. The molecule has 0 radical (unpaired) electrons. The van der Waals surface area contributed by atoms with Crippen LogP contribution in [-0.2, 0) is 22.1 Å². The summed E-state index contributed by atoms with van der Waals surface area (Å²) >= 11 is 0. The van der Waals surface area contributed by atoms with E-state index >= 15 is 0 Å². The van der Waals surface area contributed by atoms with Crippen molar-refractivity contribution in [3.8, 4) is 0 Å². The van der Waals surface area contributed by atoms with Crippen molar-refractivity contribution >= 4 is 21.4 Å². The summed E-state index contributed by atoms with van der Waals surface area (Å²) in [5, 5.41) is 0. The molecule has 1 saturated carbocycles. The predicted octanol–water partition coefficient (Wildman–Crippen LogP) is 3.29. The van der Waals surface area contributed by atoms with Gasteiger partial charge in [0, 0.05) is 60.4 Å². The van der Waals surface area contributed by atoms with Crippen LogP contribution in [0.4, 0.5) is 18.0 Å². The Balaban J connectivity index is 1.06. The number of halogens is 3. The summed E-state index contributed by atoms with van der Waals surface area (Å²) in [6.07, 6.45) is 1.44. The highest BCUT2D eigenvalue weighted by atomic mass is 32.2. The molecule has 170 valence electrons. The molecule has 31 heavy (non-hydrogen) atoms. The molecule has 1 aromatic heterocycles.